The van der Waals surface area contributed by atoms with Gasteiger partial charge in [0, 0.05) is 31.9 Å². The van der Waals surface area contributed by atoms with Gasteiger partial charge in [-0.15, -0.1) is 0 Å². The van der Waals surface area contributed by atoms with Gasteiger partial charge in [0.2, 0.25) is 15.9 Å². The smallest absolute Gasteiger partial charge is 0.243 e. The van der Waals surface area contributed by atoms with Gasteiger partial charge in [0.05, 0.1) is 11.9 Å². The molecule has 2 aromatic rings. The van der Waals surface area contributed by atoms with E-state index in [4.69, 9.17) is 0 Å². The van der Waals surface area contributed by atoms with E-state index in [1.54, 1.807) is 29.2 Å². The van der Waals surface area contributed by atoms with Crippen LogP contribution in [-0.2, 0) is 14.8 Å². The number of benzene rings is 2. The van der Waals surface area contributed by atoms with Crippen LogP contribution >= 0.6 is 0 Å². The van der Waals surface area contributed by atoms with Crippen molar-refractivity contribution in [3.8, 4) is 0 Å². The maximum absolute atomic E-state index is 13.1. The van der Waals surface area contributed by atoms with E-state index < -0.39 is 10.0 Å². The molecule has 1 heterocycles. The number of aryl methyl sites for hydroxylation is 2. The zero-order valence-corrected chi connectivity index (χ0v) is 17.7. The van der Waals surface area contributed by atoms with Crippen LogP contribution in [0.4, 0.5) is 15.8 Å². The van der Waals surface area contributed by atoms with Crippen LogP contribution in [-0.4, -0.2) is 58.2 Å². The highest BCUT2D eigenvalue weighted by molar-refractivity contribution is 7.92. The first-order valence-electron chi connectivity index (χ1n) is 9.48. The molecular formula is C21H26FN3O3S. The molecule has 0 unspecified atom stereocenters. The fourth-order valence-electron chi connectivity index (χ4n) is 3.58. The molecule has 6 nitrogen and oxygen atoms in total. The molecule has 0 aromatic heterocycles. The Balaban J connectivity index is 1.68. The fraction of sp³-hybridized carbons (Fsp3) is 0.381. The Labute approximate surface area is 171 Å². The van der Waals surface area contributed by atoms with Gasteiger partial charge in [-0.3, -0.25) is 9.10 Å². The number of hydrogen-bond acceptors (Lipinski definition) is 4. The SMILES string of the molecule is Cc1cc(C)cc(N(CC(=O)N2CCN(c3ccc(F)cc3)CC2)S(C)(=O)=O)c1. The summed E-state index contributed by atoms with van der Waals surface area (Å²) in [5, 5.41) is 0. The van der Waals surface area contributed by atoms with E-state index in [2.05, 4.69) is 4.90 Å². The van der Waals surface area contributed by atoms with Gasteiger partial charge in [-0.1, -0.05) is 6.07 Å². The Hall–Kier alpha value is -2.61. The van der Waals surface area contributed by atoms with Gasteiger partial charge in [0.25, 0.3) is 0 Å². The van der Waals surface area contributed by atoms with E-state index in [-0.39, 0.29) is 18.3 Å². The zero-order chi connectivity index (χ0) is 21.2. The number of nitrogens with zero attached hydrogens (tertiary/aromatic N) is 3. The molecule has 29 heavy (non-hydrogen) atoms. The monoisotopic (exact) mass is 419 g/mol. The van der Waals surface area contributed by atoms with Crippen molar-refractivity contribution in [1.82, 2.24) is 4.90 Å². The molecule has 0 aliphatic carbocycles. The summed E-state index contributed by atoms with van der Waals surface area (Å²) >= 11 is 0. The van der Waals surface area contributed by atoms with E-state index in [0.717, 1.165) is 23.1 Å². The first-order chi connectivity index (χ1) is 13.6. The molecule has 0 atom stereocenters. The quantitative estimate of drug-likeness (QED) is 0.747. The minimum Gasteiger partial charge on any atom is -0.368 e. The Morgan fingerprint density at radius 3 is 2.07 bits per heavy atom. The third-order valence-electron chi connectivity index (χ3n) is 5.00. The number of anilines is 2. The maximum Gasteiger partial charge on any atom is 0.243 e. The molecular weight excluding hydrogens is 393 g/mol. The van der Waals surface area contributed by atoms with Gasteiger partial charge < -0.3 is 9.80 Å². The minimum absolute atomic E-state index is 0.224. The van der Waals surface area contributed by atoms with Crippen LogP contribution in [0.2, 0.25) is 0 Å². The van der Waals surface area contributed by atoms with Crippen LogP contribution in [0.5, 0.6) is 0 Å². The number of amides is 1. The lowest BCUT2D eigenvalue weighted by atomic mass is 10.1. The molecule has 1 amide bonds. The van der Waals surface area contributed by atoms with Gasteiger partial charge in [0.15, 0.2) is 0 Å². The summed E-state index contributed by atoms with van der Waals surface area (Å²) in [4.78, 5) is 16.6. The summed E-state index contributed by atoms with van der Waals surface area (Å²) < 4.78 is 39.0. The van der Waals surface area contributed by atoms with Crippen LogP contribution in [0.1, 0.15) is 11.1 Å². The van der Waals surface area contributed by atoms with Crippen molar-refractivity contribution in [2.75, 3.05) is 48.2 Å². The Morgan fingerprint density at radius 1 is 1.00 bits per heavy atom. The number of rotatable bonds is 5. The van der Waals surface area contributed by atoms with Crippen molar-refractivity contribution >= 4 is 27.3 Å². The third-order valence-corrected chi connectivity index (χ3v) is 6.14. The van der Waals surface area contributed by atoms with Crippen LogP contribution < -0.4 is 9.21 Å². The summed E-state index contributed by atoms with van der Waals surface area (Å²) in [7, 11) is -3.60. The van der Waals surface area contributed by atoms with E-state index in [1.807, 2.05) is 19.9 Å². The van der Waals surface area contributed by atoms with Gasteiger partial charge in [-0.2, -0.15) is 0 Å². The molecule has 1 aliphatic heterocycles. The molecule has 1 aliphatic rings. The van der Waals surface area contributed by atoms with Crippen molar-refractivity contribution in [1.29, 1.82) is 0 Å². The summed E-state index contributed by atoms with van der Waals surface area (Å²) in [5.41, 5.74) is 3.29. The molecule has 3 rings (SSSR count). The second-order valence-electron chi connectivity index (χ2n) is 7.46. The van der Waals surface area contributed by atoms with Crippen LogP contribution in [0.15, 0.2) is 42.5 Å². The van der Waals surface area contributed by atoms with E-state index in [1.165, 1.54) is 16.4 Å². The van der Waals surface area contributed by atoms with Crippen molar-refractivity contribution in [2.24, 2.45) is 0 Å². The van der Waals surface area contributed by atoms with Crippen molar-refractivity contribution in [3.63, 3.8) is 0 Å². The van der Waals surface area contributed by atoms with Crippen LogP contribution in [0.25, 0.3) is 0 Å². The molecule has 8 heteroatoms. The van der Waals surface area contributed by atoms with Crippen molar-refractivity contribution in [2.45, 2.75) is 13.8 Å². The zero-order valence-electron chi connectivity index (χ0n) is 16.9. The number of carbonyl (C=O) groups excluding carboxylic acids is 1. The number of halogens is 1. The van der Waals surface area contributed by atoms with Crippen LogP contribution in [0, 0.1) is 19.7 Å². The summed E-state index contributed by atoms with van der Waals surface area (Å²) in [5.74, 6) is -0.511. The average molecular weight is 420 g/mol. The van der Waals surface area contributed by atoms with Gasteiger partial charge >= 0.3 is 0 Å². The Morgan fingerprint density at radius 2 is 1.55 bits per heavy atom. The predicted octanol–water partition coefficient (Wildman–Crippen LogP) is 2.56. The molecule has 0 spiro atoms. The summed E-state index contributed by atoms with van der Waals surface area (Å²) in [6, 6.07) is 11.8. The molecule has 156 valence electrons. The number of piperazine rings is 1. The lowest BCUT2D eigenvalue weighted by molar-refractivity contribution is -0.129. The molecule has 1 saturated heterocycles. The second kappa shape index (κ2) is 8.41. The largest absolute Gasteiger partial charge is 0.368 e. The molecule has 0 radical (unpaired) electrons. The average Bonchev–Trinajstić information content (AvgIpc) is 2.65. The number of carbonyl (C=O) groups is 1. The summed E-state index contributed by atoms with van der Waals surface area (Å²) in [6.07, 6.45) is 1.12. The highest BCUT2D eigenvalue weighted by Crippen LogP contribution is 2.22. The normalized spacial score (nSPS) is 14.8. The lowest BCUT2D eigenvalue weighted by Crippen LogP contribution is -2.52. The number of hydrogen-bond donors (Lipinski definition) is 0. The van der Waals surface area contributed by atoms with Gasteiger partial charge in [-0.25, -0.2) is 12.8 Å². The molecule has 2 aromatic carbocycles. The first-order valence-corrected chi connectivity index (χ1v) is 11.3. The molecule has 0 bridgehead atoms. The van der Waals surface area contributed by atoms with E-state index in [9.17, 15) is 17.6 Å². The molecule has 0 N–H and O–H groups in total. The second-order valence-corrected chi connectivity index (χ2v) is 9.37. The van der Waals surface area contributed by atoms with Crippen LogP contribution in [0.3, 0.4) is 0 Å². The first kappa shape index (κ1) is 21.1. The highest BCUT2D eigenvalue weighted by atomic mass is 32.2. The molecule has 0 saturated carbocycles. The van der Waals surface area contributed by atoms with E-state index in [0.29, 0.717) is 31.9 Å². The topological polar surface area (TPSA) is 60.9 Å². The lowest BCUT2D eigenvalue weighted by Gasteiger charge is -2.37. The van der Waals surface area contributed by atoms with Crippen molar-refractivity contribution in [3.05, 3.63) is 59.4 Å². The Kier molecular flexibility index (Phi) is 6.12. The minimum atomic E-state index is -3.60. The maximum atomic E-state index is 13.1. The van der Waals surface area contributed by atoms with Gasteiger partial charge in [-0.05, 0) is 61.4 Å². The number of sulfonamides is 1. The van der Waals surface area contributed by atoms with E-state index >= 15 is 0 Å². The molecule has 1 fully saturated rings. The predicted molar refractivity (Wildman–Crippen MR) is 113 cm³/mol. The highest BCUT2D eigenvalue weighted by Gasteiger charge is 2.27. The van der Waals surface area contributed by atoms with Gasteiger partial charge in [0.1, 0.15) is 12.4 Å². The Bertz CT molecular complexity index is 964. The van der Waals surface area contributed by atoms with Crippen molar-refractivity contribution < 1.29 is 17.6 Å². The summed E-state index contributed by atoms with van der Waals surface area (Å²) in [6.45, 7) is 5.76. The third kappa shape index (κ3) is 5.26. The fourth-order valence-corrected chi connectivity index (χ4v) is 4.42. The standard InChI is InChI=1S/C21H26FN3O3S/c1-16-12-17(2)14-20(13-16)25(29(3,27)28)15-21(26)24-10-8-23(9-11-24)19-6-4-18(22)5-7-19/h4-7,12-14H,8-11,15H2,1-3H3.